The van der Waals surface area contributed by atoms with Crippen LogP contribution in [0.4, 0.5) is 5.69 Å². The molecule has 0 saturated heterocycles. The third-order valence-electron chi connectivity index (χ3n) is 4.09. The summed E-state index contributed by atoms with van der Waals surface area (Å²) in [5.74, 6) is 2.44. The maximum Gasteiger partial charge on any atom is 0.228 e. The van der Waals surface area contributed by atoms with Crippen LogP contribution < -0.4 is 10.1 Å². The van der Waals surface area contributed by atoms with Gasteiger partial charge in [0.1, 0.15) is 18.3 Å². The standard InChI is InChI=1S/C23H17Br2NO3/c24-19-6-4-17(5-7-19)18(14-27)15-29-22-10-8-21(9-11-22)26-23(28)13-16-2-1-3-20(25)12-16/h1-12H,13,15H2,(H,26,28). The average molecular weight is 515 g/mol. The molecule has 0 fully saturated rings. The molecule has 0 aliphatic heterocycles. The smallest absolute Gasteiger partial charge is 0.228 e. The third-order valence-corrected chi connectivity index (χ3v) is 5.11. The number of nitrogens with one attached hydrogen (secondary N) is 1. The molecule has 3 aromatic carbocycles. The van der Waals surface area contributed by atoms with Gasteiger partial charge in [0.25, 0.3) is 0 Å². The lowest BCUT2D eigenvalue weighted by atomic mass is 10.1. The Balaban J connectivity index is 1.55. The van der Waals surface area contributed by atoms with Gasteiger partial charge in [-0.15, -0.1) is 0 Å². The van der Waals surface area contributed by atoms with Crippen molar-refractivity contribution >= 4 is 55.0 Å². The minimum Gasteiger partial charge on any atom is -0.488 e. The largest absolute Gasteiger partial charge is 0.488 e. The van der Waals surface area contributed by atoms with Gasteiger partial charge in [-0.25, -0.2) is 4.79 Å². The summed E-state index contributed by atoms with van der Waals surface area (Å²) in [7, 11) is 0. The van der Waals surface area contributed by atoms with E-state index in [0.717, 1.165) is 20.1 Å². The van der Waals surface area contributed by atoms with Gasteiger partial charge in [0.15, 0.2) is 0 Å². The van der Waals surface area contributed by atoms with Crippen LogP contribution in [0.1, 0.15) is 11.1 Å². The molecule has 0 unspecified atom stereocenters. The number of hydrogen-bond donors (Lipinski definition) is 1. The number of anilines is 1. The van der Waals surface area contributed by atoms with Gasteiger partial charge in [-0.05, 0) is 59.7 Å². The van der Waals surface area contributed by atoms with Crippen LogP contribution in [-0.2, 0) is 16.0 Å². The second kappa shape index (κ2) is 10.2. The van der Waals surface area contributed by atoms with Crippen LogP contribution in [0.15, 0.2) is 81.7 Å². The molecule has 0 bridgehead atoms. The molecular formula is C23H17Br2NO3. The first-order chi connectivity index (χ1) is 14.0. The number of amides is 1. The maximum atomic E-state index is 12.2. The molecule has 6 heteroatoms. The Hall–Kier alpha value is -2.66. The summed E-state index contributed by atoms with van der Waals surface area (Å²) in [5.41, 5.74) is 2.80. The zero-order valence-electron chi connectivity index (χ0n) is 15.3. The van der Waals surface area contributed by atoms with E-state index < -0.39 is 0 Å². The number of benzene rings is 3. The number of halogens is 2. The lowest BCUT2D eigenvalue weighted by molar-refractivity contribution is -0.115. The van der Waals surface area contributed by atoms with E-state index in [1.165, 1.54) is 0 Å². The van der Waals surface area contributed by atoms with Crippen molar-refractivity contribution in [3.8, 4) is 5.75 Å². The highest BCUT2D eigenvalue weighted by atomic mass is 79.9. The zero-order chi connectivity index (χ0) is 20.6. The van der Waals surface area contributed by atoms with Crippen molar-refractivity contribution in [2.45, 2.75) is 6.42 Å². The summed E-state index contributed by atoms with van der Waals surface area (Å²) < 4.78 is 7.56. The first kappa shape index (κ1) is 21.1. The molecule has 0 spiro atoms. The van der Waals surface area contributed by atoms with E-state index in [1.807, 2.05) is 54.5 Å². The predicted molar refractivity (Wildman–Crippen MR) is 122 cm³/mol. The van der Waals surface area contributed by atoms with Gasteiger partial charge < -0.3 is 10.1 Å². The molecule has 1 N–H and O–H groups in total. The SMILES string of the molecule is O=C=C(COc1ccc(NC(=O)Cc2cccc(Br)c2)cc1)c1ccc(Br)cc1. The Kier molecular flexibility index (Phi) is 7.42. The maximum absolute atomic E-state index is 12.2. The third kappa shape index (κ3) is 6.43. The summed E-state index contributed by atoms with van der Waals surface area (Å²) in [6.45, 7) is 0.111. The first-order valence-corrected chi connectivity index (χ1v) is 10.4. The Morgan fingerprint density at radius 2 is 1.66 bits per heavy atom. The van der Waals surface area contributed by atoms with Crippen LogP contribution in [0.5, 0.6) is 5.75 Å². The van der Waals surface area contributed by atoms with Crippen LogP contribution in [-0.4, -0.2) is 18.5 Å². The molecule has 29 heavy (non-hydrogen) atoms. The molecule has 0 radical (unpaired) electrons. The van der Waals surface area contributed by atoms with Gasteiger partial charge in [0.2, 0.25) is 5.91 Å². The predicted octanol–water partition coefficient (Wildman–Crippen LogP) is 5.69. The van der Waals surface area contributed by atoms with E-state index in [-0.39, 0.29) is 12.5 Å². The van der Waals surface area contributed by atoms with Crippen molar-refractivity contribution in [1.29, 1.82) is 0 Å². The van der Waals surface area contributed by atoms with E-state index in [4.69, 9.17) is 4.74 Å². The molecular weight excluding hydrogens is 498 g/mol. The molecule has 0 saturated carbocycles. The highest BCUT2D eigenvalue weighted by molar-refractivity contribution is 9.10. The molecule has 0 aliphatic carbocycles. The Morgan fingerprint density at radius 1 is 0.931 bits per heavy atom. The van der Waals surface area contributed by atoms with Crippen molar-refractivity contribution < 1.29 is 14.3 Å². The lowest BCUT2D eigenvalue weighted by Gasteiger charge is -2.09. The number of ether oxygens (including phenoxy) is 1. The lowest BCUT2D eigenvalue weighted by Crippen LogP contribution is -2.14. The summed E-state index contributed by atoms with van der Waals surface area (Å²) >= 11 is 6.77. The molecule has 0 aromatic heterocycles. The van der Waals surface area contributed by atoms with Gasteiger partial charge in [0.05, 0.1) is 12.0 Å². The van der Waals surface area contributed by atoms with E-state index in [0.29, 0.717) is 23.4 Å². The average Bonchev–Trinajstić information content (AvgIpc) is 2.71. The summed E-state index contributed by atoms with van der Waals surface area (Å²) in [6.07, 6.45) is 0.290. The molecule has 3 aromatic rings. The van der Waals surface area contributed by atoms with E-state index in [1.54, 1.807) is 24.3 Å². The summed E-state index contributed by atoms with van der Waals surface area (Å²) in [5, 5.41) is 2.86. The van der Waals surface area contributed by atoms with E-state index >= 15 is 0 Å². The monoisotopic (exact) mass is 513 g/mol. The van der Waals surface area contributed by atoms with Gasteiger partial charge >= 0.3 is 0 Å². The number of hydrogen-bond acceptors (Lipinski definition) is 3. The molecule has 0 heterocycles. The van der Waals surface area contributed by atoms with Crippen LogP contribution >= 0.6 is 31.9 Å². The molecule has 146 valence electrons. The van der Waals surface area contributed by atoms with Gasteiger partial charge in [-0.2, -0.15) is 0 Å². The fourth-order valence-electron chi connectivity index (χ4n) is 2.65. The molecule has 4 nitrogen and oxygen atoms in total. The van der Waals surface area contributed by atoms with Crippen LogP contribution in [0.25, 0.3) is 5.57 Å². The Labute approximate surface area is 185 Å². The summed E-state index contributed by atoms with van der Waals surface area (Å²) in [6, 6.07) is 22.0. The van der Waals surface area contributed by atoms with Crippen LogP contribution in [0.2, 0.25) is 0 Å². The highest BCUT2D eigenvalue weighted by Gasteiger charge is 2.07. The minimum atomic E-state index is -0.0989. The quantitative estimate of drug-likeness (QED) is 0.412. The van der Waals surface area contributed by atoms with Gasteiger partial charge in [0, 0.05) is 14.6 Å². The normalized spacial score (nSPS) is 10.1. The highest BCUT2D eigenvalue weighted by Crippen LogP contribution is 2.20. The molecule has 0 aliphatic rings. The van der Waals surface area contributed by atoms with Crippen molar-refractivity contribution in [3.63, 3.8) is 0 Å². The second-order valence-corrected chi connectivity index (χ2v) is 8.09. The van der Waals surface area contributed by atoms with Crippen molar-refractivity contribution in [1.82, 2.24) is 0 Å². The van der Waals surface area contributed by atoms with Gasteiger partial charge in [-0.1, -0.05) is 56.1 Å². The van der Waals surface area contributed by atoms with Gasteiger partial charge in [-0.3, -0.25) is 4.79 Å². The van der Waals surface area contributed by atoms with E-state index in [2.05, 4.69) is 37.2 Å². The van der Waals surface area contributed by atoms with Crippen molar-refractivity contribution in [2.24, 2.45) is 0 Å². The first-order valence-electron chi connectivity index (χ1n) is 8.80. The van der Waals surface area contributed by atoms with Crippen molar-refractivity contribution in [3.05, 3.63) is 92.9 Å². The fraction of sp³-hybridized carbons (Fsp3) is 0.0870. The number of carbonyl (C=O) groups is 1. The minimum absolute atomic E-state index is 0.0989. The number of carbonyl (C=O) groups excluding carboxylic acids is 2. The fourth-order valence-corrected chi connectivity index (χ4v) is 3.36. The molecule has 0 atom stereocenters. The summed E-state index contributed by atoms with van der Waals surface area (Å²) in [4.78, 5) is 23.5. The topological polar surface area (TPSA) is 55.4 Å². The van der Waals surface area contributed by atoms with Crippen LogP contribution in [0.3, 0.4) is 0 Å². The second-order valence-electron chi connectivity index (χ2n) is 6.26. The number of rotatable bonds is 7. The zero-order valence-corrected chi connectivity index (χ0v) is 18.5. The Bertz CT molecular complexity index is 1040. The van der Waals surface area contributed by atoms with E-state index in [9.17, 15) is 9.59 Å². The van der Waals surface area contributed by atoms with Crippen LogP contribution in [0, 0.1) is 0 Å². The van der Waals surface area contributed by atoms with Crippen molar-refractivity contribution in [2.75, 3.05) is 11.9 Å². The molecule has 3 rings (SSSR count). The Morgan fingerprint density at radius 3 is 2.31 bits per heavy atom. The molecule has 1 amide bonds.